The monoisotopic (exact) mass is 472 g/mol. The molecule has 172 valence electrons. The first-order valence-electron chi connectivity index (χ1n) is 10.3. The number of amides is 2. The van der Waals surface area contributed by atoms with E-state index in [-0.39, 0.29) is 34.8 Å². The van der Waals surface area contributed by atoms with Crippen LogP contribution in [0.3, 0.4) is 0 Å². The fraction of sp³-hybridized carbons (Fsp3) is 0.250. The number of furan rings is 1. The van der Waals surface area contributed by atoms with Gasteiger partial charge in [-0.05, 0) is 42.5 Å². The molecule has 1 aromatic heterocycles. The van der Waals surface area contributed by atoms with Gasteiger partial charge in [-0.1, -0.05) is 23.7 Å². The highest BCUT2D eigenvalue weighted by Gasteiger charge is 2.28. The number of carbonyl (C=O) groups excluding carboxylic acids is 2. The zero-order valence-electron chi connectivity index (χ0n) is 17.9. The second-order valence-corrected chi connectivity index (χ2v) is 7.82. The maximum Gasteiger partial charge on any atom is 0.289 e. The molecule has 1 aliphatic heterocycles. The van der Waals surface area contributed by atoms with E-state index >= 15 is 0 Å². The van der Waals surface area contributed by atoms with E-state index in [1.54, 1.807) is 41.2 Å². The fourth-order valence-corrected chi connectivity index (χ4v) is 3.81. The van der Waals surface area contributed by atoms with Crippen molar-refractivity contribution < 1.29 is 27.9 Å². The molecule has 0 aliphatic carbocycles. The maximum absolute atomic E-state index is 13.2. The molecule has 2 heterocycles. The van der Waals surface area contributed by atoms with Crippen LogP contribution in [-0.4, -0.2) is 54.9 Å². The van der Waals surface area contributed by atoms with Gasteiger partial charge >= 0.3 is 0 Å². The quantitative estimate of drug-likeness (QED) is 0.536. The van der Waals surface area contributed by atoms with Crippen molar-refractivity contribution in [2.45, 2.75) is 6.61 Å². The molecule has 0 N–H and O–H groups in total. The van der Waals surface area contributed by atoms with E-state index in [1.807, 2.05) is 12.1 Å². The van der Waals surface area contributed by atoms with E-state index in [0.29, 0.717) is 43.4 Å². The zero-order valence-corrected chi connectivity index (χ0v) is 18.7. The van der Waals surface area contributed by atoms with E-state index in [4.69, 9.17) is 25.5 Å². The Balaban J connectivity index is 1.32. The van der Waals surface area contributed by atoms with Crippen LogP contribution in [0.2, 0.25) is 5.02 Å². The van der Waals surface area contributed by atoms with E-state index in [1.165, 1.54) is 12.1 Å². The van der Waals surface area contributed by atoms with Crippen LogP contribution >= 0.6 is 11.6 Å². The van der Waals surface area contributed by atoms with Gasteiger partial charge in [0.1, 0.15) is 18.2 Å². The standard InChI is InChI=1S/C24H22ClFN2O5/c1-31-20-4-2-3-5-21(20)32-15-17-7-9-22(33-17)24(30)28-12-10-27(11-13-28)23(29)18-8-6-16(26)14-19(18)25/h2-9,14H,10-13,15H2,1H3. The number of halogens is 2. The molecular weight excluding hydrogens is 451 g/mol. The molecule has 3 aromatic rings. The number of nitrogens with zero attached hydrogens (tertiary/aromatic N) is 2. The van der Waals surface area contributed by atoms with Gasteiger partial charge in [0.25, 0.3) is 11.8 Å². The topological polar surface area (TPSA) is 72.2 Å². The molecular formula is C24H22ClFN2O5. The molecule has 0 radical (unpaired) electrons. The Bertz CT molecular complexity index is 1160. The van der Waals surface area contributed by atoms with Crippen LogP contribution in [0.15, 0.2) is 59.0 Å². The van der Waals surface area contributed by atoms with Crippen molar-refractivity contribution in [3.8, 4) is 11.5 Å². The van der Waals surface area contributed by atoms with Crippen LogP contribution in [0, 0.1) is 5.82 Å². The first-order chi connectivity index (χ1) is 16.0. The minimum atomic E-state index is -0.502. The summed E-state index contributed by atoms with van der Waals surface area (Å²) in [6.45, 7) is 1.51. The molecule has 2 amide bonds. The second-order valence-electron chi connectivity index (χ2n) is 7.41. The molecule has 9 heteroatoms. The summed E-state index contributed by atoms with van der Waals surface area (Å²) < 4.78 is 29.9. The van der Waals surface area contributed by atoms with E-state index in [9.17, 15) is 14.0 Å². The van der Waals surface area contributed by atoms with Crippen LogP contribution in [0.5, 0.6) is 11.5 Å². The van der Waals surface area contributed by atoms with Crippen molar-refractivity contribution in [3.63, 3.8) is 0 Å². The van der Waals surface area contributed by atoms with Gasteiger partial charge in [-0.15, -0.1) is 0 Å². The summed E-state index contributed by atoms with van der Waals surface area (Å²) in [4.78, 5) is 28.7. The number of para-hydroxylation sites is 2. The summed E-state index contributed by atoms with van der Waals surface area (Å²) in [7, 11) is 1.56. The fourth-order valence-electron chi connectivity index (χ4n) is 3.56. The van der Waals surface area contributed by atoms with Crippen molar-refractivity contribution in [1.82, 2.24) is 9.80 Å². The van der Waals surface area contributed by atoms with Gasteiger partial charge < -0.3 is 23.7 Å². The Labute approximate surface area is 195 Å². The molecule has 1 fully saturated rings. The van der Waals surface area contributed by atoms with E-state index in [2.05, 4.69) is 0 Å². The number of hydrogen-bond acceptors (Lipinski definition) is 5. The van der Waals surface area contributed by atoms with Crippen LogP contribution in [0.25, 0.3) is 0 Å². The molecule has 7 nitrogen and oxygen atoms in total. The van der Waals surface area contributed by atoms with Crippen LogP contribution < -0.4 is 9.47 Å². The summed E-state index contributed by atoms with van der Waals surface area (Å²) in [6, 6.07) is 14.2. The van der Waals surface area contributed by atoms with E-state index < -0.39 is 5.82 Å². The van der Waals surface area contributed by atoms with Crippen molar-refractivity contribution in [2.75, 3.05) is 33.3 Å². The van der Waals surface area contributed by atoms with Crippen molar-refractivity contribution in [2.24, 2.45) is 0 Å². The molecule has 0 atom stereocenters. The predicted octanol–water partition coefficient (Wildman–Crippen LogP) is 4.26. The van der Waals surface area contributed by atoms with Gasteiger partial charge in [-0.3, -0.25) is 9.59 Å². The molecule has 1 saturated heterocycles. The maximum atomic E-state index is 13.2. The van der Waals surface area contributed by atoms with Crippen molar-refractivity contribution in [1.29, 1.82) is 0 Å². The molecule has 0 unspecified atom stereocenters. The number of benzene rings is 2. The Hall–Kier alpha value is -3.52. The van der Waals surface area contributed by atoms with Crippen LogP contribution in [0.4, 0.5) is 4.39 Å². The SMILES string of the molecule is COc1ccccc1OCc1ccc(C(=O)N2CCN(C(=O)c3ccc(F)cc3Cl)CC2)o1. The van der Waals surface area contributed by atoms with Crippen molar-refractivity contribution in [3.05, 3.63) is 82.5 Å². The number of piperazine rings is 1. The molecule has 0 saturated carbocycles. The van der Waals surface area contributed by atoms with Gasteiger partial charge in [0, 0.05) is 26.2 Å². The van der Waals surface area contributed by atoms with Crippen LogP contribution in [-0.2, 0) is 6.61 Å². The molecule has 33 heavy (non-hydrogen) atoms. The highest BCUT2D eigenvalue weighted by molar-refractivity contribution is 6.33. The van der Waals surface area contributed by atoms with Gasteiger partial charge in [0.2, 0.25) is 0 Å². The molecule has 0 spiro atoms. The summed E-state index contributed by atoms with van der Waals surface area (Å²) in [5.41, 5.74) is 0.239. The number of carbonyl (C=O) groups is 2. The first kappa shape index (κ1) is 22.7. The van der Waals surface area contributed by atoms with Crippen molar-refractivity contribution >= 4 is 23.4 Å². The highest BCUT2D eigenvalue weighted by atomic mass is 35.5. The number of rotatable bonds is 6. The van der Waals surface area contributed by atoms with E-state index in [0.717, 1.165) is 6.07 Å². The summed E-state index contributed by atoms with van der Waals surface area (Å²) in [5, 5.41) is 0.0666. The van der Waals surface area contributed by atoms with Gasteiger partial charge in [0.05, 0.1) is 17.7 Å². The molecule has 0 bridgehead atoms. The third-order valence-electron chi connectivity index (χ3n) is 5.33. The molecule has 4 rings (SSSR count). The Morgan fingerprint density at radius 3 is 2.30 bits per heavy atom. The average molecular weight is 473 g/mol. The van der Waals surface area contributed by atoms with Gasteiger partial charge in [-0.2, -0.15) is 0 Å². The summed E-state index contributed by atoms with van der Waals surface area (Å²) >= 11 is 6.01. The molecule has 1 aliphatic rings. The Kier molecular flexibility index (Phi) is 6.84. The third kappa shape index (κ3) is 5.12. The Morgan fingerprint density at radius 2 is 1.64 bits per heavy atom. The second kappa shape index (κ2) is 9.95. The third-order valence-corrected chi connectivity index (χ3v) is 5.64. The lowest BCUT2D eigenvalue weighted by Crippen LogP contribution is -2.50. The largest absolute Gasteiger partial charge is 0.493 e. The average Bonchev–Trinajstić information content (AvgIpc) is 3.31. The van der Waals surface area contributed by atoms with Crippen LogP contribution in [0.1, 0.15) is 26.7 Å². The predicted molar refractivity (Wildman–Crippen MR) is 119 cm³/mol. The highest BCUT2D eigenvalue weighted by Crippen LogP contribution is 2.27. The molecule has 2 aromatic carbocycles. The minimum Gasteiger partial charge on any atom is -0.493 e. The zero-order chi connectivity index (χ0) is 23.4. The summed E-state index contributed by atoms with van der Waals surface area (Å²) in [5.74, 6) is 0.837. The number of hydrogen-bond donors (Lipinski definition) is 0. The lowest BCUT2D eigenvalue weighted by molar-refractivity contribution is 0.0516. The minimum absolute atomic E-state index is 0.0666. The van der Waals surface area contributed by atoms with Gasteiger partial charge in [-0.25, -0.2) is 4.39 Å². The lowest BCUT2D eigenvalue weighted by atomic mass is 10.1. The lowest BCUT2D eigenvalue weighted by Gasteiger charge is -2.34. The smallest absolute Gasteiger partial charge is 0.289 e. The number of ether oxygens (including phenoxy) is 2. The normalized spacial score (nSPS) is 13.7. The van der Waals surface area contributed by atoms with Gasteiger partial charge in [0.15, 0.2) is 17.3 Å². The summed E-state index contributed by atoms with van der Waals surface area (Å²) in [6.07, 6.45) is 0. The first-order valence-corrected chi connectivity index (χ1v) is 10.7. The number of methoxy groups -OCH3 is 1. The Morgan fingerprint density at radius 1 is 0.970 bits per heavy atom.